The van der Waals surface area contributed by atoms with Crippen molar-refractivity contribution in [2.24, 2.45) is 0 Å². The molecule has 4 aromatic rings. The molecule has 29 heavy (non-hydrogen) atoms. The fraction of sp³-hybridized carbons (Fsp3) is 0.150. The Hall–Kier alpha value is -3.10. The lowest BCUT2D eigenvalue weighted by Gasteiger charge is -2.36. The lowest BCUT2D eigenvalue weighted by atomic mass is 9.88. The van der Waals surface area contributed by atoms with Crippen molar-refractivity contribution in [3.63, 3.8) is 0 Å². The normalized spacial score (nSPS) is 18.3. The van der Waals surface area contributed by atoms with Crippen molar-refractivity contribution in [3.8, 4) is 21.9 Å². The summed E-state index contributed by atoms with van der Waals surface area (Å²) in [4.78, 5) is 10.4. The quantitative estimate of drug-likeness (QED) is 0.510. The minimum atomic E-state index is -0.525. The fourth-order valence-corrected chi connectivity index (χ4v) is 5.20. The number of halogens is 1. The molecule has 9 heteroatoms. The van der Waals surface area contributed by atoms with Crippen LogP contribution in [0, 0.1) is 5.41 Å². The second-order valence-electron chi connectivity index (χ2n) is 7.00. The summed E-state index contributed by atoms with van der Waals surface area (Å²) in [6.45, 7) is 2.04. The van der Waals surface area contributed by atoms with Gasteiger partial charge in [-0.25, -0.2) is 9.97 Å². The monoisotopic (exact) mass is 422 g/mol. The zero-order valence-electron chi connectivity index (χ0n) is 15.3. The van der Waals surface area contributed by atoms with Crippen LogP contribution < -0.4 is 5.32 Å². The molecule has 0 saturated heterocycles. The molecule has 0 amide bonds. The molecule has 0 saturated carbocycles. The molecule has 1 aromatic carbocycles. The van der Waals surface area contributed by atoms with Crippen LogP contribution in [0.15, 0.2) is 53.7 Å². The number of nitrogens with one attached hydrogen (secondary N) is 2. The zero-order chi connectivity index (χ0) is 20.0. The summed E-state index contributed by atoms with van der Waals surface area (Å²) < 4.78 is 5.31. The van der Waals surface area contributed by atoms with E-state index in [1.807, 2.05) is 37.3 Å². The van der Waals surface area contributed by atoms with Gasteiger partial charge in [-0.05, 0) is 30.7 Å². The van der Waals surface area contributed by atoms with E-state index in [0.29, 0.717) is 23.2 Å². The molecule has 0 aliphatic carbocycles. The Kier molecular flexibility index (Phi) is 4.18. The van der Waals surface area contributed by atoms with E-state index in [2.05, 4.69) is 25.5 Å². The number of hydrogen-bond acceptors (Lipinski definition) is 7. The summed E-state index contributed by atoms with van der Waals surface area (Å²) in [5.74, 6) is 0.777. The molecule has 0 radical (unpaired) electrons. The van der Waals surface area contributed by atoms with Gasteiger partial charge in [-0.1, -0.05) is 23.7 Å². The van der Waals surface area contributed by atoms with Crippen LogP contribution in [0.1, 0.15) is 23.1 Å². The van der Waals surface area contributed by atoms with E-state index < -0.39 is 5.54 Å². The molecule has 144 valence electrons. The molecule has 1 aliphatic heterocycles. The largest absolute Gasteiger partial charge is 0.423 e. The molecule has 0 bridgehead atoms. The zero-order valence-corrected chi connectivity index (χ0v) is 16.9. The topological polar surface area (TPSA) is 101 Å². The average Bonchev–Trinajstić information content (AvgIpc) is 3.38. The van der Waals surface area contributed by atoms with Gasteiger partial charge in [-0.15, -0.1) is 21.5 Å². The van der Waals surface area contributed by atoms with E-state index in [9.17, 15) is 0 Å². The molecule has 1 aliphatic rings. The maximum atomic E-state index is 8.37. The van der Waals surface area contributed by atoms with Gasteiger partial charge in [0.25, 0.3) is 0 Å². The van der Waals surface area contributed by atoms with Crippen molar-refractivity contribution in [2.45, 2.75) is 18.9 Å². The summed E-state index contributed by atoms with van der Waals surface area (Å²) in [6, 6.07) is 9.86. The first-order valence-corrected chi connectivity index (χ1v) is 10.1. The summed E-state index contributed by atoms with van der Waals surface area (Å²) in [6.07, 6.45) is 5.12. The number of thiophene rings is 1. The van der Waals surface area contributed by atoms with Gasteiger partial charge < -0.3 is 9.73 Å². The minimum absolute atomic E-state index is 0.304. The number of aromatic nitrogens is 4. The molecular weight excluding hydrogens is 408 g/mol. The van der Waals surface area contributed by atoms with Crippen LogP contribution in [0.2, 0.25) is 5.02 Å². The Morgan fingerprint density at radius 1 is 1.28 bits per heavy atom. The maximum Gasteiger partial charge on any atom is 0.247 e. The fourth-order valence-electron chi connectivity index (χ4n) is 3.56. The smallest absolute Gasteiger partial charge is 0.247 e. The molecule has 4 heterocycles. The van der Waals surface area contributed by atoms with Gasteiger partial charge >= 0.3 is 0 Å². The Morgan fingerprint density at radius 3 is 2.97 bits per heavy atom. The number of hydrogen-bond donors (Lipinski definition) is 2. The molecule has 0 spiro atoms. The highest BCUT2D eigenvalue weighted by atomic mass is 35.5. The van der Waals surface area contributed by atoms with E-state index in [1.54, 1.807) is 17.5 Å². The van der Waals surface area contributed by atoms with Crippen LogP contribution in [0.5, 0.6) is 0 Å². The standard InChI is InChI=1S/C20H15ClN6OS/c1-20(7-15-13(18(22)26-20)8-23-9-24-15)17-14(21)6-16(29-17)11-3-2-4-12(5-11)19-27-25-10-28-19/h2-6,8-10H,7H2,1H3,(H2,22,26)/t20-/m0/s1. The minimum Gasteiger partial charge on any atom is -0.423 e. The first kappa shape index (κ1) is 18.0. The molecule has 7 nitrogen and oxygen atoms in total. The lowest BCUT2D eigenvalue weighted by Crippen LogP contribution is -2.49. The van der Waals surface area contributed by atoms with Crippen LogP contribution in [0.25, 0.3) is 21.9 Å². The van der Waals surface area contributed by atoms with Crippen LogP contribution in [0.4, 0.5) is 0 Å². The highest BCUT2D eigenvalue weighted by Gasteiger charge is 2.37. The van der Waals surface area contributed by atoms with Gasteiger partial charge in [0.1, 0.15) is 12.2 Å². The molecule has 0 fully saturated rings. The summed E-state index contributed by atoms with van der Waals surface area (Å²) in [5, 5.41) is 20.0. The average molecular weight is 423 g/mol. The number of nitrogens with zero attached hydrogens (tertiary/aromatic N) is 4. The van der Waals surface area contributed by atoms with Crippen molar-refractivity contribution in [2.75, 3.05) is 0 Å². The number of amidine groups is 1. The SMILES string of the molecule is C[C@@]1(c2sc(-c3cccc(-c4nnco4)c3)cc2Cl)Cc2ncncc2C(=N)N1. The summed E-state index contributed by atoms with van der Waals surface area (Å²) in [7, 11) is 0. The van der Waals surface area contributed by atoms with Gasteiger partial charge in [-0.3, -0.25) is 5.41 Å². The van der Waals surface area contributed by atoms with Gasteiger partial charge in [0.2, 0.25) is 12.3 Å². The Bertz CT molecular complexity index is 1220. The first-order chi connectivity index (χ1) is 14.0. The second kappa shape index (κ2) is 6.75. The molecule has 5 rings (SSSR count). The van der Waals surface area contributed by atoms with E-state index in [-0.39, 0.29) is 0 Å². The maximum absolute atomic E-state index is 8.37. The number of fused-ring (bicyclic) bond motifs is 1. The van der Waals surface area contributed by atoms with Crippen molar-refractivity contribution < 1.29 is 4.42 Å². The molecule has 2 N–H and O–H groups in total. The van der Waals surface area contributed by atoms with Crippen molar-refractivity contribution in [1.29, 1.82) is 5.41 Å². The van der Waals surface area contributed by atoms with Crippen LogP contribution in [-0.2, 0) is 12.0 Å². The third-order valence-corrected chi connectivity index (χ3v) is 6.79. The van der Waals surface area contributed by atoms with E-state index in [0.717, 1.165) is 32.1 Å². The Labute approximate surface area is 175 Å². The predicted molar refractivity (Wildman–Crippen MR) is 111 cm³/mol. The lowest BCUT2D eigenvalue weighted by molar-refractivity contribution is 0.424. The molecule has 1 atom stereocenters. The van der Waals surface area contributed by atoms with Crippen molar-refractivity contribution in [1.82, 2.24) is 25.5 Å². The van der Waals surface area contributed by atoms with Crippen LogP contribution in [-0.4, -0.2) is 26.0 Å². The molecular formula is C20H15ClN6OS. The van der Waals surface area contributed by atoms with Crippen LogP contribution in [0.3, 0.4) is 0 Å². The Morgan fingerprint density at radius 2 is 2.14 bits per heavy atom. The van der Waals surface area contributed by atoms with E-state index in [4.69, 9.17) is 21.4 Å². The van der Waals surface area contributed by atoms with Gasteiger partial charge in [0.15, 0.2) is 0 Å². The van der Waals surface area contributed by atoms with E-state index >= 15 is 0 Å². The predicted octanol–water partition coefficient (Wildman–Crippen LogP) is 4.29. The molecule has 3 aromatic heterocycles. The third-order valence-electron chi connectivity index (χ3n) is 4.93. The van der Waals surface area contributed by atoms with Gasteiger partial charge in [0.05, 0.1) is 21.8 Å². The first-order valence-electron chi connectivity index (χ1n) is 8.86. The summed E-state index contributed by atoms with van der Waals surface area (Å²) in [5.41, 5.74) is 2.90. The number of rotatable bonds is 3. The highest BCUT2D eigenvalue weighted by molar-refractivity contribution is 7.16. The van der Waals surface area contributed by atoms with Gasteiger partial charge in [0, 0.05) is 27.9 Å². The molecule has 0 unspecified atom stereocenters. The van der Waals surface area contributed by atoms with Crippen molar-refractivity contribution in [3.05, 3.63) is 70.4 Å². The van der Waals surface area contributed by atoms with Gasteiger partial charge in [-0.2, -0.15) is 0 Å². The third kappa shape index (κ3) is 3.10. The Balaban J connectivity index is 1.53. The van der Waals surface area contributed by atoms with E-state index in [1.165, 1.54) is 12.7 Å². The van der Waals surface area contributed by atoms with Crippen molar-refractivity contribution >= 4 is 28.8 Å². The summed E-state index contributed by atoms with van der Waals surface area (Å²) >= 11 is 8.26. The van der Waals surface area contributed by atoms with Crippen LogP contribution >= 0.6 is 22.9 Å². The second-order valence-corrected chi connectivity index (χ2v) is 8.46. The number of benzene rings is 1. The highest BCUT2D eigenvalue weighted by Crippen LogP contribution is 2.43.